The molecule has 0 spiro atoms. The van der Waals surface area contributed by atoms with Gasteiger partial charge < -0.3 is 5.11 Å². The number of aromatic nitrogens is 2. The normalized spacial score (nSPS) is 11.2. The maximum Gasteiger partial charge on any atom is 0.331 e. The van der Waals surface area contributed by atoms with Gasteiger partial charge >= 0.3 is 5.69 Å². The standard InChI is InChI=1S/C13H15ClN2O3S/c1-7(2)10-11(17)15-13(19)16(12(10)18)6-5-8-3-4-9(14)20-8/h3-4,7,18H,5-6H2,1-2H3,(H,15,17,19). The Labute approximate surface area is 124 Å². The topological polar surface area (TPSA) is 75.1 Å². The van der Waals surface area contributed by atoms with Crippen molar-refractivity contribution < 1.29 is 5.11 Å². The Hall–Kier alpha value is -1.53. The van der Waals surface area contributed by atoms with Crippen molar-refractivity contribution in [2.45, 2.75) is 32.7 Å². The van der Waals surface area contributed by atoms with Crippen molar-refractivity contribution in [1.82, 2.24) is 9.55 Å². The van der Waals surface area contributed by atoms with Crippen molar-refractivity contribution >= 4 is 22.9 Å². The van der Waals surface area contributed by atoms with Crippen molar-refractivity contribution in [3.05, 3.63) is 47.7 Å². The molecule has 2 N–H and O–H groups in total. The van der Waals surface area contributed by atoms with Crippen LogP contribution in [0.4, 0.5) is 0 Å². The molecule has 2 heterocycles. The molecule has 0 saturated heterocycles. The number of hydrogen-bond acceptors (Lipinski definition) is 4. The van der Waals surface area contributed by atoms with Gasteiger partial charge in [-0.05, 0) is 18.1 Å². The molecule has 0 aliphatic heterocycles. The predicted molar refractivity (Wildman–Crippen MR) is 80.1 cm³/mol. The fourth-order valence-electron chi connectivity index (χ4n) is 2.01. The van der Waals surface area contributed by atoms with Gasteiger partial charge in [0.2, 0.25) is 5.88 Å². The molecule has 0 bridgehead atoms. The first-order chi connectivity index (χ1) is 9.40. The first kappa shape index (κ1) is 14.9. The Morgan fingerprint density at radius 1 is 1.40 bits per heavy atom. The molecule has 0 aliphatic carbocycles. The van der Waals surface area contributed by atoms with E-state index in [1.807, 2.05) is 6.07 Å². The van der Waals surface area contributed by atoms with E-state index in [0.717, 1.165) is 4.88 Å². The molecule has 0 aliphatic rings. The van der Waals surface area contributed by atoms with Crippen molar-refractivity contribution in [1.29, 1.82) is 0 Å². The summed E-state index contributed by atoms with van der Waals surface area (Å²) in [5.41, 5.74) is -0.897. The third-order valence-electron chi connectivity index (χ3n) is 2.99. The lowest BCUT2D eigenvalue weighted by atomic mass is 10.1. The Morgan fingerprint density at radius 3 is 2.65 bits per heavy atom. The summed E-state index contributed by atoms with van der Waals surface area (Å²) in [7, 11) is 0. The monoisotopic (exact) mass is 314 g/mol. The maximum atomic E-state index is 11.8. The highest BCUT2D eigenvalue weighted by molar-refractivity contribution is 7.16. The molecule has 2 aromatic rings. The molecular formula is C13H15ClN2O3S. The van der Waals surface area contributed by atoms with Gasteiger partial charge in [0.25, 0.3) is 5.56 Å². The van der Waals surface area contributed by atoms with E-state index in [1.54, 1.807) is 19.9 Å². The zero-order chi connectivity index (χ0) is 14.9. The summed E-state index contributed by atoms with van der Waals surface area (Å²) >= 11 is 7.27. The van der Waals surface area contributed by atoms with Crippen LogP contribution in [0.5, 0.6) is 5.88 Å². The van der Waals surface area contributed by atoms with Crippen LogP contribution in [-0.4, -0.2) is 14.7 Å². The van der Waals surface area contributed by atoms with Gasteiger partial charge in [0, 0.05) is 17.8 Å². The average molecular weight is 315 g/mol. The lowest BCUT2D eigenvalue weighted by Crippen LogP contribution is -2.33. The van der Waals surface area contributed by atoms with Gasteiger partial charge in [0.15, 0.2) is 0 Å². The summed E-state index contributed by atoms with van der Waals surface area (Å²) in [4.78, 5) is 26.7. The van der Waals surface area contributed by atoms with Crippen LogP contribution in [-0.2, 0) is 13.0 Å². The minimum atomic E-state index is -0.598. The molecule has 0 radical (unpaired) electrons. The van der Waals surface area contributed by atoms with E-state index in [-0.39, 0.29) is 23.9 Å². The third-order valence-corrected chi connectivity index (χ3v) is 4.29. The summed E-state index contributed by atoms with van der Waals surface area (Å²) < 4.78 is 1.87. The first-order valence-electron chi connectivity index (χ1n) is 6.20. The molecule has 0 unspecified atom stereocenters. The predicted octanol–water partition coefficient (Wildman–Crippen LogP) is 2.32. The lowest BCUT2D eigenvalue weighted by Gasteiger charge is -2.12. The Bertz CT molecular complexity index is 730. The zero-order valence-corrected chi connectivity index (χ0v) is 12.7. The van der Waals surface area contributed by atoms with Crippen LogP contribution >= 0.6 is 22.9 Å². The molecule has 0 aromatic carbocycles. The lowest BCUT2D eigenvalue weighted by molar-refractivity contribution is 0.390. The van der Waals surface area contributed by atoms with Crippen LogP contribution in [0.25, 0.3) is 0 Å². The molecule has 0 fully saturated rings. The van der Waals surface area contributed by atoms with Gasteiger partial charge in [-0.15, -0.1) is 11.3 Å². The summed E-state index contributed by atoms with van der Waals surface area (Å²) in [6.45, 7) is 3.87. The second kappa shape index (κ2) is 5.85. The number of H-pyrrole nitrogens is 1. The second-order valence-electron chi connectivity index (χ2n) is 4.76. The van der Waals surface area contributed by atoms with Gasteiger partial charge in [0.05, 0.1) is 9.90 Å². The van der Waals surface area contributed by atoms with Gasteiger partial charge in [-0.3, -0.25) is 14.3 Å². The Morgan fingerprint density at radius 2 is 2.10 bits per heavy atom. The van der Waals surface area contributed by atoms with E-state index in [9.17, 15) is 14.7 Å². The van der Waals surface area contributed by atoms with Crippen LogP contribution in [0.15, 0.2) is 21.7 Å². The molecule has 20 heavy (non-hydrogen) atoms. The molecule has 0 atom stereocenters. The van der Waals surface area contributed by atoms with Gasteiger partial charge in [-0.1, -0.05) is 25.4 Å². The molecule has 0 amide bonds. The zero-order valence-electron chi connectivity index (χ0n) is 11.1. The molecule has 0 saturated carbocycles. The molecule has 2 aromatic heterocycles. The molecule has 2 rings (SSSR count). The summed E-state index contributed by atoms with van der Waals surface area (Å²) in [5, 5.41) is 10.1. The van der Waals surface area contributed by atoms with Crippen molar-refractivity contribution in [3.63, 3.8) is 0 Å². The van der Waals surface area contributed by atoms with Crippen molar-refractivity contribution in [2.24, 2.45) is 0 Å². The van der Waals surface area contributed by atoms with Crippen molar-refractivity contribution in [2.75, 3.05) is 0 Å². The van der Waals surface area contributed by atoms with Gasteiger partial charge in [-0.2, -0.15) is 0 Å². The number of nitrogens with one attached hydrogen (secondary N) is 1. The van der Waals surface area contributed by atoms with E-state index < -0.39 is 11.2 Å². The van der Waals surface area contributed by atoms with E-state index in [2.05, 4.69) is 4.98 Å². The number of aromatic hydroxyl groups is 1. The Balaban J connectivity index is 2.34. The molecular weight excluding hydrogens is 300 g/mol. The molecule has 108 valence electrons. The molecule has 5 nitrogen and oxygen atoms in total. The van der Waals surface area contributed by atoms with E-state index in [1.165, 1.54) is 15.9 Å². The van der Waals surface area contributed by atoms with E-state index >= 15 is 0 Å². The minimum Gasteiger partial charge on any atom is -0.494 e. The van der Waals surface area contributed by atoms with Gasteiger partial charge in [0.1, 0.15) is 0 Å². The van der Waals surface area contributed by atoms with Crippen LogP contribution in [0.3, 0.4) is 0 Å². The number of thiophene rings is 1. The highest BCUT2D eigenvalue weighted by atomic mass is 35.5. The van der Waals surface area contributed by atoms with Gasteiger partial charge in [-0.25, -0.2) is 4.79 Å². The number of halogens is 1. The number of rotatable bonds is 4. The summed E-state index contributed by atoms with van der Waals surface area (Å²) in [6.07, 6.45) is 0.564. The van der Waals surface area contributed by atoms with Crippen LogP contribution in [0, 0.1) is 0 Å². The summed E-state index contributed by atoms with van der Waals surface area (Å²) in [5.74, 6) is -0.418. The Kier molecular flexibility index (Phi) is 4.35. The fourth-order valence-corrected chi connectivity index (χ4v) is 3.09. The minimum absolute atomic E-state index is 0.165. The number of aromatic amines is 1. The maximum absolute atomic E-state index is 11.8. The smallest absolute Gasteiger partial charge is 0.331 e. The van der Waals surface area contributed by atoms with Crippen LogP contribution in [0.1, 0.15) is 30.2 Å². The highest BCUT2D eigenvalue weighted by Gasteiger charge is 2.16. The quantitative estimate of drug-likeness (QED) is 0.909. The fraction of sp³-hybridized carbons (Fsp3) is 0.385. The van der Waals surface area contributed by atoms with Crippen LogP contribution < -0.4 is 11.2 Å². The first-order valence-corrected chi connectivity index (χ1v) is 7.39. The number of hydrogen-bond donors (Lipinski definition) is 2. The highest BCUT2D eigenvalue weighted by Crippen LogP contribution is 2.23. The number of nitrogens with zero attached hydrogens (tertiary/aromatic N) is 1. The average Bonchev–Trinajstić information content (AvgIpc) is 2.73. The third kappa shape index (κ3) is 2.96. The van der Waals surface area contributed by atoms with Crippen molar-refractivity contribution in [3.8, 4) is 5.88 Å². The van der Waals surface area contributed by atoms with E-state index in [4.69, 9.17) is 11.6 Å². The SMILES string of the molecule is CC(C)c1c(O)n(CCc2ccc(Cl)s2)c(=O)[nH]c1=O. The molecule has 7 heteroatoms. The van der Waals surface area contributed by atoms with Crippen LogP contribution in [0.2, 0.25) is 4.34 Å². The number of aryl methyl sites for hydroxylation is 1. The summed E-state index contributed by atoms with van der Waals surface area (Å²) in [6, 6.07) is 3.67. The van der Waals surface area contributed by atoms with E-state index in [0.29, 0.717) is 10.8 Å². The second-order valence-corrected chi connectivity index (χ2v) is 6.56. The largest absolute Gasteiger partial charge is 0.494 e.